The number of para-hydroxylation sites is 1. The molecule has 0 saturated heterocycles. The van der Waals surface area contributed by atoms with Crippen molar-refractivity contribution in [2.75, 3.05) is 6.54 Å². The first-order valence-corrected chi connectivity index (χ1v) is 7.92. The molecule has 2 N–H and O–H groups in total. The van der Waals surface area contributed by atoms with Gasteiger partial charge in [0.15, 0.2) is 0 Å². The van der Waals surface area contributed by atoms with Crippen LogP contribution in [0.25, 0.3) is 10.9 Å². The normalized spacial score (nSPS) is 22.2. The summed E-state index contributed by atoms with van der Waals surface area (Å²) in [6.07, 6.45) is 8.70. The van der Waals surface area contributed by atoms with E-state index in [1.807, 2.05) is 0 Å². The maximum Gasteiger partial charge on any atom is 0.0456 e. The lowest BCUT2D eigenvalue weighted by Gasteiger charge is -2.35. The summed E-state index contributed by atoms with van der Waals surface area (Å²) in [5.74, 6) is 0. The van der Waals surface area contributed by atoms with Gasteiger partial charge in [-0.25, -0.2) is 0 Å². The summed E-state index contributed by atoms with van der Waals surface area (Å²) in [6.45, 7) is 5.89. The fourth-order valence-electron chi connectivity index (χ4n) is 3.62. The molecular formula is C18H26N2. The average Bonchev–Trinajstić information content (AvgIpc) is 2.81. The maximum atomic E-state index is 3.77. The van der Waals surface area contributed by atoms with Crippen molar-refractivity contribution in [1.82, 2.24) is 10.3 Å². The third-order valence-electron chi connectivity index (χ3n) is 4.71. The van der Waals surface area contributed by atoms with Crippen LogP contribution in [0, 0.1) is 5.41 Å². The van der Waals surface area contributed by atoms with Crippen molar-refractivity contribution in [2.45, 2.75) is 52.0 Å². The Morgan fingerprint density at radius 1 is 1.30 bits per heavy atom. The first kappa shape index (κ1) is 13.7. The highest BCUT2D eigenvalue weighted by atomic mass is 14.9. The molecule has 1 aromatic heterocycles. The molecule has 1 unspecified atom stereocenters. The summed E-state index contributed by atoms with van der Waals surface area (Å²) >= 11 is 0. The van der Waals surface area contributed by atoms with E-state index in [0.717, 1.165) is 13.0 Å². The minimum absolute atomic E-state index is 0.525. The van der Waals surface area contributed by atoms with E-state index in [0.29, 0.717) is 11.5 Å². The molecule has 0 aliphatic heterocycles. The zero-order chi connectivity index (χ0) is 14.0. The summed E-state index contributed by atoms with van der Waals surface area (Å²) in [4.78, 5) is 3.36. The van der Waals surface area contributed by atoms with Crippen molar-refractivity contribution in [3.05, 3.63) is 36.0 Å². The molecule has 1 heterocycles. The van der Waals surface area contributed by atoms with Crippen molar-refractivity contribution in [3.8, 4) is 0 Å². The molecule has 1 aliphatic rings. The number of fused-ring (bicyclic) bond motifs is 1. The molecule has 1 saturated carbocycles. The number of hydrogen-bond donors (Lipinski definition) is 2. The molecule has 108 valence electrons. The topological polar surface area (TPSA) is 27.8 Å². The van der Waals surface area contributed by atoms with Crippen LogP contribution in [0.2, 0.25) is 0 Å². The fourth-order valence-corrected chi connectivity index (χ4v) is 3.62. The molecule has 2 heteroatoms. The van der Waals surface area contributed by atoms with Crippen LogP contribution < -0.4 is 5.32 Å². The lowest BCUT2D eigenvalue weighted by Crippen LogP contribution is -2.38. The molecule has 0 amide bonds. The molecule has 0 bridgehead atoms. The Hall–Kier alpha value is -1.28. The fraction of sp³-hybridized carbons (Fsp3) is 0.556. The molecule has 2 nitrogen and oxygen atoms in total. The lowest BCUT2D eigenvalue weighted by atomic mass is 9.75. The molecular weight excluding hydrogens is 244 g/mol. The number of rotatable bonds is 4. The second kappa shape index (κ2) is 5.61. The van der Waals surface area contributed by atoms with E-state index in [1.165, 1.54) is 42.1 Å². The first-order valence-electron chi connectivity index (χ1n) is 7.92. The maximum absolute atomic E-state index is 3.77. The van der Waals surface area contributed by atoms with Crippen LogP contribution in [0.15, 0.2) is 30.5 Å². The Morgan fingerprint density at radius 2 is 2.15 bits per heavy atom. The van der Waals surface area contributed by atoms with Gasteiger partial charge in [-0.05, 0) is 49.3 Å². The highest BCUT2D eigenvalue weighted by Crippen LogP contribution is 2.35. The van der Waals surface area contributed by atoms with Crippen LogP contribution in [0.5, 0.6) is 0 Å². The summed E-state index contributed by atoms with van der Waals surface area (Å²) < 4.78 is 0. The van der Waals surface area contributed by atoms with E-state index in [4.69, 9.17) is 0 Å². The largest absolute Gasteiger partial charge is 0.361 e. The predicted octanol–water partition coefficient (Wildman–Crippen LogP) is 4.27. The van der Waals surface area contributed by atoms with E-state index in [9.17, 15) is 0 Å². The number of aromatic nitrogens is 1. The van der Waals surface area contributed by atoms with Gasteiger partial charge in [0.25, 0.3) is 0 Å². The van der Waals surface area contributed by atoms with Gasteiger partial charge in [0.1, 0.15) is 0 Å². The van der Waals surface area contributed by atoms with Gasteiger partial charge in [0, 0.05) is 23.1 Å². The molecule has 0 radical (unpaired) electrons. The zero-order valence-corrected chi connectivity index (χ0v) is 12.7. The van der Waals surface area contributed by atoms with E-state index in [1.54, 1.807) is 0 Å². The van der Waals surface area contributed by atoms with Gasteiger partial charge >= 0.3 is 0 Å². The number of H-pyrrole nitrogens is 1. The number of nitrogens with one attached hydrogen (secondary N) is 2. The van der Waals surface area contributed by atoms with Crippen LogP contribution in [0.1, 0.15) is 45.1 Å². The molecule has 1 fully saturated rings. The second-order valence-electron chi connectivity index (χ2n) is 7.02. The Morgan fingerprint density at radius 3 is 3.00 bits per heavy atom. The molecule has 0 spiro atoms. The minimum atomic E-state index is 0.525. The Labute approximate surface area is 122 Å². The van der Waals surface area contributed by atoms with Crippen molar-refractivity contribution < 1.29 is 0 Å². The monoisotopic (exact) mass is 270 g/mol. The summed E-state index contributed by atoms with van der Waals surface area (Å²) in [5.41, 5.74) is 3.21. The summed E-state index contributed by atoms with van der Waals surface area (Å²) in [6, 6.07) is 9.28. The quantitative estimate of drug-likeness (QED) is 0.853. The van der Waals surface area contributed by atoms with Gasteiger partial charge in [-0.3, -0.25) is 0 Å². The van der Waals surface area contributed by atoms with Gasteiger partial charge in [-0.1, -0.05) is 38.5 Å². The molecule has 1 aliphatic carbocycles. The molecule has 1 atom stereocenters. The highest BCUT2D eigenvalue weighted by Gasteiger charge is 2.27. The lowest BCUT2D eigenvalue weighted by molar-refractivity contribution is 0.199. The van der Waals surface area contributed by atoms with Gasteiger partial charge in [-0.2, -0.15) is 0 Å². The standard InChI is InChI=1S/C18H26N2/c1-18(2)10-5-6-15(12-18)19-11-9-14-13-20-17-8-4-3-7-16(14)17/h3-4,7-8,13,15,19-20H,5-6,9-12H2,1-2H3. The van der Waals surface area contributed by atoms with Crippen LogP contribution in [-0.4, -0.2) is 17.6 Å². The SMILES string of the molecule is CC1(C)CCCC(NCCc2c[nH]c3ccccc23)C1. The molecule has 2 aromatic rings. The van der Waals surface area contributed by atoms with Crippen molar-refractivity contribution in [3.63, 3.8) is 0 Å². The third-order valence-corrected chi connectivity index (χ3v) is 4.71. The Bertz CT molecular complexity index is 568. The number of benzene rings is 1. The summed E-state index contributed by atoms with van der Waals surface area (Å²) in [7, 11) is 0. The van der Waals surface area contributed by atoms with Crippen molar-refractivity contribution in [2.24, 2.45) is 5.41 Å². The molecule has 3 rings (SSSR count). The van der Waals surface area contributed by atoms with E-state index in [-0.39, 0.29) is 0 Å². The number of hydrogen-bond acceptors (Lipinski definition) is 1. The van der Waals surface area contributed by atoms with E-state index < -0.39 is 0 Å². The van der Waals surface area contributed by atoms with Crippen molar-refractivity contribution in [1.29, 1.82) is 0 Å². The summed E-state index contributed by atoms with van der Waals surface area (Å²) in [5, 5.41) is 5.14. The highest BCUT2D eigenvalue weighted by molar-refractivity contribution is 5.83. The van der Waals surface area contributed by atoms with Crippen LogP contribution in [-0.2, 0) is 6.42 Å². The van der Waals surface area contributed by atoms with Gasteiger partial charge in [0.2, 0.25) is 0 Å². The molecule has 1 aromatic carbocycles. The molecule has 20 heavy (non-hydrogen) atoms. The smallest absolute Gasteiger partial charge is 0.0456 e. The zero-order valence-electron chi connectivity index (χ0n) is 12.7. The van der Waals surface area contributed by atoms with E-state index in [2.05, 4.69) is 54.6 Å². The predicted molar refractivity (Wildman–Crippen MR) is 86.0 cm³/mol. The van der Waals surface area contributed by atoms with Gasteiger partial charge in [-0.15, -0.1) is 0 Å². The van der Waals surface area contributed by atoms with Crippen LogP contribution in [0.4, 0.5) is 0 Å². The Balaban J connectivity index is 1.55. The van der Waals surface area contributed by atoms with Crippen molar-refractivity contribution >= 4 is 10.9 Å². The number of aromatic amines is 1. The van der Waals surface area contributed by atoms with Gasteiger partial charge < -0.3 is 10.3 Å². The van der Waals surface area contributed by atoms with Gasteiger partial charge in [0.05, 0.1) is 0 Å². The minimum Gasteiger partial charge on any atom is -0.361 e. The first-order chi connectivity index (χ1) is 9.64. The van der Waals surface area contributed by atoms with Crippen LogP contribution in [0.3, 0.4) is 0 Å². The second-order valence-corrected chi connectivity index (χ2v) is 7.02. The Kier molecular flexibility index (Phi) is 3.84. The van der Waals surface area contributed by atoms with E-state index >= 15 is 0 Å². The average molecular weight is 270 g/mol. The van der Waals surface area contributed by atoms with Crippen LogP contribution >= 0.6 is 0 Å². The third kappa shape index (κ3) is 3.06.